The zero-order chi connectivity index (χ0) is 13.2. The van der Waals surface area contributed by atoms with Gasteiger partial charge in [0.25, 0.3) is 0 Å². The fourth-order valence-electron chi connectivity index (χ4n) is 3.06. The van der Waals surface area contributed by atoms with Gasteiger partial charge in [-0.25, -0.2) is 0 Å². The van der Waals surface area contributed by atoms with Crippen LogP contribution in [0.2, 0.25) is 0 Å². The van der Waals surface area contributed by atoms with Crippen molar-refractivity contribution in [3.63, 3.8) is 0 Å². The van der Waals surface area contributed by atoms with E-state index in [1.54, 1.807) is 0 Å². The van der Waals surface area contributed by atoms with Crippen molar-refractivity contribution < 1.29 is 4.42 Å². The average Bonchev–Trinajstić information content (AvgIpc) is 3.07. The van der Waals surface area contributed by atoms with Gasteiger partial charge in [-0.05, 0) is 43.7 Å². The second-order valence-electron chi connectivity index (χ2n) is 5.12. The number of pyridine rings is 1. The molecule has 0 saturated carbocycles. The lowest BCUT2D eigenvalue weighted by atomic mass is 9.95. The van der Waals surface area contributed by atoms with E-state index in [-0.39, 0.29) is 6.04 Å². The van der Waals surface area contributed by atoms with Crippen LogP contribution in [0.3, 0.4) is 0 Å². The third-order valence-electron chi connectivity index (χ3n) is 4.05. The van der Waals surface area contributed by atoms with E-state index in [4.69, 9.17) is 4.42 Å². The molecule has 0 fully saturated rings. The molecule has 2 atom stereocenters. The first-order valence-electron chi connectivity index (χ1n) is 7.03. The average molecular weight is 256 g/mol. The quantitative estimate of drug-likeness (QED) is 0.912. The van der Waals surface area contributed by atoms with Gasteiger partial charge in [0, 0.05) is 24.2 Å². The maximum Gasteiger partial charge on any atom is 0.121 e. The normalized spacial score (nSPS) is 19.4. The van der Waals surface area contributed by atoms with E-state index in [0.717, 1.165) is 30.8 Å². The molecule has 0 aliphatic heterocycles. The summed E-state index contributed by atoms with van der Waals surface area (Å²) in [5.41, 5.74) is 2.62. The van der Waals surface area contributed by atoms with Gasteiger partial charge in [-0.15, -0.1) is 0 Å². The number of likely N-dealkylation sites (N-methyl/N-ethyl adjacent to an activating group) is 1. The van der Waals surface area contributed by atoms with Crippen molar-refractivity contribution in [3.05, 3.63) is 53.2 Å². The van der Waals surface area contributed by atoms with Gasteiger partial charge in [0.15, 0.2) is 0 Å². The lowest BCUT2D eigenvalue weighted by molar-refractivity contribution is 0.365. The van der Waals surface area contributed by atoms with Crippen LogP contribution in [0, 0.1) is 0 Å². The van der Waals surface area contributed by atoms with Crippen LogP contribution in [-0.2, 0) is 12.8 Å². The molecule has 1 N–H and O–H groups in total. The first kappa shape index (κ1) is 12.4. The Labute approximate surface area is 114 Å². The molecule has 0 saturated heterocycles. The molecule has 0 radical (unpaired) electrons. The topological polar surface area (TPSA) is 38.1 Å². The third-order valence-corrected chi connectivity index (χ3v) is 4.05. The van der Waals surface area contributed by atoms with Crippen molar-refractivity contribution in [3.8, 4) is 0 Å². The van der Waals surface area contributed by atoms with Crippen molar-refractivity contribution in [2.45, 2.75) is 38.1 Å². The summed E-state index contributed by atoms with van der Waals surface area (Å²) in [5.74, 6) is 2.49. The zero-order valence-electron chi connectivity index (χ0n) is 11.5. The summed E-state index contributed by atoms with van der Waals surface area (Å²) < 4.78 is 5.92. The second kappa shape index (κ2) is 5.17. The van der Waals surface area contributed by atoms with E-state index >= 15 is 0 Å². The van der Waals surface area contributed by atoms with Gasteiger partial charge >= 0.3 is 0 Å². The molecular weight excluding hydrogens is 236 g/mol. The predicted molar refractivity (Wildman–Crippen MR) is 75.2 cm³/mol. The number of fused-ring (bicyclic) bond motifs is 1. The Bertz CT molecular complexity index is 561. The van der Waals surface area contributed by atoms with Gasteiger partial charge in [-0.1, -0.05) is 13.0 Å². The van der Waals surface area contributed by atoms with Crippen LogP contribution in [0.5, 0.6) is 0 Å². The number of nitrogens with zero attached hydrogens (tertiary/aromatic N) is 1. The minimum absolute atomic E-state index is 0.219. The molecule has 2 unspecified atom stereocenters. The maximum atomic E-state index is 5.92. The van der Waals surface area contributed by atoms with Crippen molar-refractivity contribution in [1.29, 1.82) is 0 Å². The lowest BCUT2D eigenvalue weighted by Gasteiger charge is -2.21. The highest BCUT2D eigenvalue weighted by Crippen LogP contribution is 2.40. The van der Waals surface area contributed by atoms with E-state index in [9.17, 15) is 0 Å². The molecule has 0 spiro atoms. The van der Waals surface area contributed by atoms with Crippen LogP contribution < -0.4 is 5.32 Å². The highest BCUT2D eigenvalue weighted by molar-refractivity contribution is 5.31. The fourth-order valence-corrected chi connectivity index (χ4v) is 3.06. The third kappa shape index (κ3) is 2.19. The highest BCUT2D eigenvalue weighted by atomic mass is 16.3. The first-order valence-corrected chi connectivity index (χ1v) is 7.03. The zero-order valence-corrected chi connectivity index (χ0v) is 11.5. The van der Waals surface area contributed by atoms with Crippen molar-refractivity contribution in [2.24, 2.45) is 0 Å². The molecule has 3 nitrogen and oxygen atoms in total. The molecule has 3 rings (SSSR count). The van der Waals surface area contributed by atoms with E-state index in [1.807, 2.05) is 19.3 Å². The van der Waals surface area contributed by atoms with Gasteiger partial charge in [-0.2, -0.15) is 0 Å². The molecule has 3 heteroatoms. The summed E-state index contributed by atoms with van der Waals surface area (Å²) >= 11 is 0. The van der Waals surface area contributed by atoms with Crippen molar-refractivity contribution >= 4 is 0 Å². The summed E-state index contributed by atoms with van der Waals surface area (Å²) in [6, 6.07) is 8.61. The number of aromatic nitrogens is 1. The molecule has 2 heterocycles. The Morgan fingerprint density at radius 2 is 2.32 bits per heavy atom. The number of rotatable bonds is 4. The Morgan fingerprint density at radius 1 is 1.42 bits per heavy atom. The van der Waals surface area contributed by atoms with Crippen molar-refractivity contribution in [1.82, 2.24) is 10.3 Å². The summed E-state index contributed by atoms with van der Waals surface area (Å²) in [5, 5.41) is 3.40. The molecule has 1 aliphatic rings. The molecule has 0 amide bonds. The molecule has 2 aromatic rings. The smallest absolute Gasteiger partial charge is 0.121 e. The van der Waals surface area contributed by atoms with Gasteiger partial charge in [0.05, 0.1) is 6.04 Å². The Balaban J connectivity index is 1.91. The summed E-state index contributed by atoms with van der Waals surface area (Å²) in [6.07, 6.45) is 5.09. The molecule has 100 valence electrons. The van der Waals surface area contributed by atoms with E-state index in [0.29, 0.717) is 5.92 Å². The fraction of sp³-hybridized carbons (Fsp3) is 0.438. The number of hydrogen-bond acceptors (Lipinski definition) is 3. The predicted octanol–water partition coefficient (Wildman–Crippen LogP) is 3.23. The van der Waals surface area contributed by atoms with Crippen LogP contribution in [0.15, 0.2) is 34.9 Å². The summed E-state index contributed by atoms with van der Waals surface area (Å²) in [6.45, 7) is 2.11. The number of furan rings is 1. The van der Waals surface area contributed by atoms with Crippen LogP contribution in [-0.4, -0.2) is 12.0 Å². The maximum absolute atomic E-state index is 5.92. The lowest BCUT2D eigenvalue weighted by Crippen LogP contribution is -2.22. The van der Waals surface area contributed by atoms with E-state index in [2.05, 4.69) is 35.4 Å². The first-order chi connectivity index (χ1) is 9.33. The molecule has 1 aliphatic carbocycles. The van der Waals surface area contributed by atoms with Gasteiger partial charge in [-0.3, -0.25) is 4.98 Å². The minimum Gasteiger partial charge on any atom is -0.464 e. The monoisotopic (exact) mass is 256 g/mol. The summed E-state index contributed by atoms with van der Waals surface area (Å²) in [4.78, 5) is 4.58. The largest absolute Gasteiger partial charge is 0.464 e. The van der Waals surface area contributed by atoms with Gasteiger partial charge in [0.2, 0.25) is 0 Å². The SMILES string of the molecule is CCc1ccc(C(NC)C2CCc3cccnc32)o1. The highest BCUT2D eigenvalue weighted by Gasteiger charge is 2.32. The number of nitrogens with one attached hydrogen (secondary N) is 1. The Hall–Kier alpha value is -1.61. The van der Waals surface area contributed by atoms with Crippen LogP contribution >= 0.6 is 0 Å². The van der Waals surface area contributed by atoms with Crippen LogP contribution in [0.1, 0.15) is 48.1 Å². The molecule has 2 aromatic heterocycles. The minimum atomic E-state index is 0.219. The van der Waals surface area contributed by atoms with Gasteiger partial charge in [0.1, 0.15) is 11.5 Å². The van der Waals surface area contributed by atoms with Crippen LogP contribution in [0.4, 0.5) is 0 Å². The van der Waals surface area contributed by atoms with E-state index < -0.39 is 0 Å². The number of hydrogen-bond donors (Lipinski definition) is 1. The van der Waals surface area contributed by atoms with Crippen LogP contribution in [0.25, 0.3) is 0 Å². The molecule has 0 bridgehead atoms. The molecular formula is C16H20N2O. The Morgan fingerprint density at radius 3 is 3.05 bits per heavy atom. The standard InChI is InChI=1S/C16H20N2O/c1-3-12-7-9-14(19-12)16(17-2)13-8-6-11-5-4-10-18-15(11)13/h4-5,7,9-10,13,16-17H,3,6,8H2,1-2H3. The Kier molecular flexibility index (Phi) is 3.38. The van der Waals surface area contributed by atoms with Crippen molar-refractivity contribution in [2.75, 3.05) is 7.05 Å². The summed E-state index contributed by atoms with van der Waals surface area (Å²) in [7, 11) is 2.00. The second-order valence-corrected chi connectivity index (χ2v) is 5.12. The number of aryl methyl sites for hydroxylation is 2. The van der Waals surface area contributed by atoms with Gasteiger partial charge < -0.3 is 9.73 Å². The molecule has 19 heavy (non-hydrogen) atoms. The van der Waals surface area contributed by atoms with E-state index in [1.165, 1.54) is 11.3 Å². The molecule has 0 aromatic carbocycles.